The third-order valence-electron chi connectivity index (χ3n) is 1.83. The molecule has 0 aromatic heterocycles. The monoisotopic (exact) mass is 196 g/mol. The Morgan fingerprint density at radius 2 is 2.15 bits per heavy atom. The van der Waals surface area contributed by atoms with Gasteiger partial charge in [0.1, 0.15) is 0 Å². The van der Waals surface area contributed by atoms with Gasteiger partial charge in [-0.2, -0.15) is 0 Å². The lowest BCUT2D eigenvalue weighted by Crippen LogP contribution is -2.15. The first-order valence-electron chi connectivity index (χ1n) is 4.07. The van der Waals surface area contributed by atoms with Crippen molar-refractivity contribution in [1.29, 1.82) is 0 Å². The van der Waals surface area contributed by atoms with Crippen molar-refractivity contribution in [3.63, 3.8) is 0 Å². The van der Waals surface area contributed by atoms with E-state index in [2.05, 4.69) is 4.99 Å². The van der Waals surface area contributed by atoms with Crippen LogP contribution in [0.25, 0.3) is 0 Å². The van der Waals surface area contributed by atoms with E-state index in [1.165, 1.54) is 0 Å². The third kappa shape index (κ3) is 2.22. The van der Waals surface area contributed by atoms with Gasteiger partial charge in [0.15, 0.2) is 0 Å². The molecule has 0 N–H and O–H groups in total. The van der Waals surface area contributed by atoms with E-state index in [0.29, 0.717) is 0 Å². The third-order valence-corrected chi connectivity index (χ3v) is 2.13. The van der Waals surface area contributed by atoms with Crippen molar-refractivity contribution < 1.29 is 0 Å². The molecule has 0 bridgehead atoms. The van der Waals surface area contributed by atoms with E-state index < -0.39 is 0 Å². The van der Waals surface area contributed by atoms with Crippen LogP contribution in [0.4, 0.5) is 5.69 Å². The van der Waals surface area contributed by atoms with Crippen LogP contribution in [0.2, 0.25) is 5.02 Å². The molecule has 0 saturated carbocycles. The van der Waals surface area contributed by atoms with Crippen LogP contribution in [0.1, 0.15) is 5.56 Å². The maximum Gasteiger partial charge on any atom is 0.0888 e. The first-order chi connectivity index (χ1) is 6.16. The van der Waals surface area contributed by atoms with E-state index in [-0.39, 0.29) is 0 Å². The molecule has 0 unspecified atom stereocenters. The van der Waals surface area contributed by atoms with Crippen LogP contribution in [-0.2, 0) is 0 Å². The molecule has 0 aliphatic heterocycles. The van der Waals surface area contributed by atoms with Crippen molar-refractivity contribution in [3.05, 3.63) is 28.8 Å². The molecular weight excluding hydrogens is 184 g/mol. The fourth-order valence-electron chi connectivity index (χ4n) is 1.30. The van der Waals surface area contributed by atoms with Crippen molar-refractivity contribution in [2.75, 3.05) is 19.0 Å². The van der Waals surface area contributed by atoms with Crippen LogP contribution < -0.4 is 4.90 Å². The molecule has 3 heteroatoms. The summed E-state index contributed by atoms with van der Waals surface area (Å²) in [4.78, 5) is 5.85. The molecule has 0 heterocycles. The number of para-hydroxylation sites is 1. The second-order valence-corrected chi connectivity index (χ2v) is 3.30. The highest BCUT2D eigenvalue weighted by molar-refractivity contribution is 6.33. The lowest BCUT2D eigenvalue weighted by atomic mass is 10.2. The van der Waals surface area contributed by atoms with Gasteiger partial charge in [0, 0.05) is 14.1 Å². The normalized spacial score (nSPS) is 10.8. The molecule has 1 aromatic rings. The van der Waals surface area contributed by atoms with E-state index in [9.17, 15) is 0 Å². The summed E-state index contributed by atoms with van der Waals surface area (Å²) >= 11 is 6.06. The summed E-state index contributed by atoms with van der Waals surface area (Å²) < 4.78 is 0. The van der Waals surface area contributed by atoms with Gasteiger partial charge in [-0.15, -0.1) is 0 Å². The quantitative estimate of drug-likeness (QED) is 0.525. The van der Waals surface area contributed by atoms with Gasteiger partial charge in [-0.25, -0.2) is 0 Å². The summed E-state index contributed by atoms with van der Waals surface area (Å²) in [6.45, 7) is 2.03. The van der Waals surface area contributed by atoms with Gasteiger partial charge in [-0.3, -0.25) is 4.99 Å². The topological polar surface area (TPSA) is 15.6 Å². The Kier molecular flexibility index (Phi) is 3.32. The SMILES string of the molecule is CN=CN(C)c1c(C)cccc1Cl. The number of hydrogen-bond donors (Lipinski definition) is 0. The average Bonchev–Trinajstić information content (AvgIpc) is 2.04. The lowest BCUT2D eigenvalue weighted by molar-refractivity contribution is 1.24. The minimum Gasteiger partial charge on any atom is -0.334 e. The van der Waals surface area contributed by atoms with Gasteiger partial charge in [-0.05, 0) is 18.6 Å². The molecule has 1 aromatic carbocycles. The summed E-state index contributed by atoms with van der Waals surface area (Å²) in [7, 11) is 3.67. The largest absolute Gasteiger partial charge is 0.334 e. The number of halogens is 1. The van der Waals surface area contributed by atoms with Gasteiger partial charge in [0.2, 0.25) is 0 Å². The van der Waals surface area contributed by atoms with Gasteiger partial charge >= 0.3 is 0 Å². The maximum absolute atomic E-state index is 6.06. The predicted octanol–water partition coefficient (Wildman–Crippen LogP) is 2.74. The molecular formula is C10H13ClN2. The highest BCUT2D eigenvalue weighted by Crippen LogP contribution is 2.27. The number of rotatable bonds is 2. The number of hydrogen-bond acceptors (Lipinski definition) is 1. The number of nitrogens with zero attached hydrogens (tertiary/aromatic N) is 2. The molecule has 2 nitrogen and oxygen atoms in total. The van der Waals surface area contributed by atoms with Crippen molar-refractivity contribution >= 4 is 23.6 Å². The highest BCUT2D eigenvalue weighted by Gasteiger charge is 2.06. The summed E-state index contributed by atoms with van der Waals surface area (Å²) in [5.74, 6) is 0. The second kappa shape index (κ2) is 4.28. The average molecular weight is 197 g/mol. The lowest BCUT2D eigenvalue weighted by Gasteiger charge is -2.17. The molecule has 0 aliphatic rings. The van der Waals surface area contributed by atoms with Crippen LogP contribution in [-0.4, -0.2) is 20.4 Å². The zero-order valence-corrected chi connectivity index (χ0v) is 8.84. The number of benzene rings is 1. The molecule has 0 aliphatic carbocycles. The second-order valence-electron chi connectivity index (χ2n) is 2.89. The fraction of sp³-hybridized carbons (Fsp3) is 0.300. The number of anilines is 1. The fourth-order valence-corrected chi connectivity index (χ4v) is 1.66. The van der Waals surface area contributed by atoms with E-state index in [1.807, 2.05) is 37.1 Å². The van der Waals surface area contributed by atoms with Crippen LogP contribution in [0.5, 0.6) is 0 Å². The molecule has 0 radical (unpaired) electrons. The molecule has 13 heavy (non-hydrogen) atoms. The maximum atomic E-state index is 6.06. The Morgan fingerprint density at radius 3 is 2.69 bits per heavy atom. The molecule has 0 spiro atoms. The van der Waals surface area contributed by atoms with E-state index in [4.69, 9.17) is 11.6 Å². The number of aliphatic imine (C=N–C) groups is 1. The molecule has 70 valence electrons. The molecule has 0 atom stereocenters. The standard InChI is InChI=1S/C10H13ClN2/c1-8-5-4-6-9(11)10(8)13(3)7-12-2/h4-7H,1-3H3. The van der Waals surface area contributed by atoms with Crippen LogP contribution in [0, 0.1) is 6.92 Å². The molecule has 0 amide bonds. The Morgan fingerprint density at radius 1 is 1.46 bits per heavy atom. The highest BCUT2D eigenvalue weighted by atomic mass is 35.5. The van der Waals surface area contributed by atoms with E-state index >= 15 is 0 Å². The molecule has 1 rings (SSSR count). The molecule has 0 fully saturated rings. The smallest absolute Gasteiger partial charge is 0.0888 e. The van der Waals surface area contributed by atoms with Gasteiger partial charge in [0.05, 0.1) is 17.0 Å². The van der Waals surface area contributed by atoms with Crippen molar-refractivity contribution in [3.8, 4) is 0 Å². The predicted molar refractivity (Wildman–Crippen MR) is 59.0 cm³/mol. The van der Waals surface area contributed by atoms with E-state index in [1.54, 1.807) is 13.4 Å². The molecule has 0 saturated heterocycles. The first-order valence-corrected chi connectivity index (χ1v) is 4.45. The van der Waals surface area contributed by atoms with Crippen LogP contribution >= 0.6 is 11.6 Å². The van der Waals surface area contributed by atoms with Crippen LogP contribution in [0.15, 0.2) is 23.2 Å². The van der Waals surface area contributed by atoms with Crippen molar-refractivity contribution in [2.24, 2.45) is 4.99 Å². The first kappa shape index (κ1) is 10.1. The summed E-state index contributed by atoms with van der Waals surface area (Å²) in [5.41, 5.74) is 2.16. The minimum atomic E-state index is 0.752. The Labute approximate surface area is 83.8 Å². The summed E-state index contributed by atoms with van der Waals surface area (Å²) in [6.07, 6.45) is 1.74. The van der Waals surface area contributed by atoms with Crippen molar-refractivity contribution in [1.82, 2.24) is 0 Å². The Hall–Kier alpha value is -1.02. The van der Waals surface area contributed by atoms with Crippen molar-refractivity contribution in [2.45, 2.75) is 6.92 Å². The summed E-state index contributed by atoms with van der Waals surface area (Å²) in [5, 5.41) is 0.752. The van der Waals surface area contributed by atoms with Gasteiger partial charge in [-0.1, -0.05) is 23.7 Å². The number of aryl methyl sites for hydroxylation is 1. The van der Waals surface area contributed by atoms with Crippen LogP contribution in [0.3, 0.4) is 0 Å². The van der Waals surface area contributed by atoms with Gasteiger partial charge in [0.25, 0.3) is 0 Å². The Bertz CT molecular complexity index is 300. The zero-order valence-electron chi connectivity index (χ0n) is 8.08. The zero-order chi connectivity index (χ0) is 9.84. The van der Waals surface area contributed by atoms with Gasteiger partial charge < -0.3 is 4.90 Å². The Balaban J connectivity index is 3.12. The van der Waals surface area contributed by atoms with E-state index in [0.717, 1.165) is 16.3 Å². The minimum absolute atomic E-state index is 0.752. The summed E-state index contributed by atoms with van der Waals surface area (Å²) in [6, 6.07) is 5.85.